The van der Waals surface area contributed by atoms with E-state index in [1.807, 2.05) is 42.5 Å². The highest BCUT2D eigenvalue weighted by atomic mass is 35.5. The van der Waals surface area contributed by atoms with Gasteiger partial charge in [0.25, 0.3) is 0 Å². The summed E-state index contributed by atoms with van der Waals surface area (Å²) in [4.78, 5) is 12.5. The Balaban J connectivity index is 1.76. The predicted molar refractivity (Wildman–Crippen MR) is 110 cm³/mol. The number of aryl methyl sites for hydroxylation is 1. The van der Waals surface area contributed by atoms with Crippen LogP contribution in [0, 0.1) is 18.8 Å². The van der Waals surface area contributed by atoms with Crippen molar-refractivity contribution in [1.29, 1.82) is 0 Å². The summed E-state index contributed by atoms with van der Waals surface area (Å²) in [6.07, 6.45) is -0.435. The summed E-state index contributed by atoms with van der Waals surface area (Å²) < 4.78 is 11.0. The minimum absolute atomic E-state index is 0.0333. The number of ether oxygens (including phenoxy) is 1. The zero-order valence-electron chi connectivity index (χ0n) is 16.1. The standard InChI is InChI=1S/C23H20ClNO4/c1-15-20(14-22(27)28-16(2)19-7-3-4-8-21(19)24)23(29-25-15)18-11-9-17(10-12-18)6-5-13-26/h3-4,7-12,16,26H,13-14H2,1-2H3. The molecule has 0 aliphatic heterocycles. The molecule has 0 aliphatic rings. The van der Waals surface area contributed by atoms with E-state index in [-0.39, 0.29) is 13.0 Å². The number of halogens is 1. The lowest BCUT2D eigenvalue weighted by Gasteiger charge is -2.15. The molecule has 0 amide bonds. The first-order valence-corrected chi connectivity index (χ1v) is 9.46. The molecule has 0 saturated carbocycles. The van der Waals surface area contributed by atoms with Crippen LogP contribution < -0.4 is 0 Å². The van der Waals surface area contributed by atoms with Crippen molar-refractivity contribution in [1.82, 2.24) is 5.16 Å². The number of hydrogen-bond donors (Lipinski definition) is 1. The molecule has 1 N–H and O–H groups in total. The fourth-order valence-electron chi connectivity index (χ4n) is 2.92. The van der Waals surface area contributed by atoms with E-state index in [4.69, 9.17) is 26.0 Å². The Morgan fingerprint density at radius 3 is 2.66 bits per heavy atom. The van der Waals surface area contributed by atoms with Gasteiger partial charge in [-0.05, 0) is 44.2 Å². The lowest BCUT2D eigenvalue weighted by atomic mass is 10.0. The van der Waals surface area contributed by atoms with Gasteiger partial charge < -0.3 is 14.4 Å². The summed E-state index contributed by atoms with van der Waals surface area (Å²) in [5.41, 5.74) is 3.61. The highest BCUT2D eigenvalue weighted by Gasteiger charge is 2.21. The molecule has 3 rings (SSSR count). The molecule has 0 bridgehead atoms. The van der Waals surface area contributed by atoms with E-state index < -0.39 is 12.1 Å². The maximum absolute atomic E-state index is 12.5. The molecule has 0 spiro atoms. The number of carbonyl (C=O) groups excluding carboxylic acids is 1. The molecule has 0 radical (unpaired) electrons. The Morgan fingerprint density at radius 1 is 1.24 bits per heavy atom. The third kappa shape index (κ3) is 5.05. The Morgan fingerprint density at radius 2 is 1.97 bits per heavy atom. The van der Waals surface area contributed by atoms with Gasteiger partial charge in [-0.3, -0.25) is 4.79 Å². The van der Waals surface area contributed by atoms with Gasteiger partial charge in [-0.2, -0.15) is 0 Å². The average Bonchev–Trinajstić information content (AvgIpc) is 3.07. The number of benzene rings is 2. The monoisotopic (exact) mass is 409 g/mol. The van der Waals surface area contributed by atoms with Gasteiger partial charge in [0.05, 0.1) is 12.1 Å². The molecule has 0 fully saturated rings. The number of carbonyl (C=O) groups is 1. The molecule has 1 heterocycles. The van der Waals surface area contributed by atoms with Crippen LogP contribution in [0.15, 0.2) is 53.1 Å². The van der Waals surface area contributed by atoms with Gasteiger partial charge in [-0.15, -0.1) is 0 Å². The summed E-state index contributed by atoms with van der Waals surface area (Å²) in [6.45, 7) is 3.38. The van der Waals surface area contributed by atoms with Crippen LogP contribution in [-0.2, 0) is 16.0 Å². The Kier molecular flexibility index (Phi) is 6.71. The zero-order chi connectivity index (χ0) is 20.8. The number of nitrogens with zero attached hydrogens (tertiary/aromatic N) is 1. The Labute approximate surface area is 174 Å². The molecule has 1 aromatic heterocycles. The normalized spacial score (nSPS) is 11.4. The third-order valence-electron chi connectivity index (χ3n) is 4.42. The minimum Gasteiger partial charge on any atom is -0.457 e. The predicted octanol–water partition coefficient (Wildman–Crippen LogP) is 4.49. The molecule has 0 aliphatic carbocycles. The van der Waals surface area contributed by atoms with Crippen LogP contribution in [0.3, 0.4) is 0 Å². The van der Waals surface area contributed by atoms with E-state index >= 15 is 0 Å². The van der Waals surface area contributed by atoms with Crippen LogP contribution in [0.25, 0.3) is 11.3 Å². The maximum atomic E-state index is 12.5. The maximum Gasteiger partial charge on any atom is 0.311 e. The van der Waals surface area contributed by atoms with E-state index in [9.17, 15) is 4.79 Å². The highest BCUT2D eigenvalue weighted by molar-refractivity contribution is 6.31. The third-order valence-corrected chi connectivity index (χ3v) is 4.76. The van der Waals surface area contributed by atoms with E-state index in [1.165, 1.54) is 0 Å². The van der Waals surface area contributed by atoms with Crippen molar-refractivity contribution in [2.75, 3.05) is 6.61 Å². The number of aromatic nitrogens is 1. The smallest absolute Gasteiger partial charge is 0.311 e. The molecule has 1 atom stereocenters. The van der Waals surface area contributed by atoms with Crippen molar-refractivity contribution < 1.29 is 19.2 Å². The molecule has 148 valence electrons. The lowest BCUT2D eigenvalue weighted by molar-refractivity contribution is -0.147. The molecule has 5 nitrogen and oxygen atoms in total. The first kappa shape index (κ1) is 20.7. The quantitative estimate of drug-likeness (QED) is 0.496. The van der Waals surface area contributed by atoms with Crippen LogP contribution >= 0.6 is 11.6 Å². The number of esters is 1. The molecular formula is C23H20ClNO4. The Bertz CT molecular complexity index is 1060. The number of hydrogen-bond acceptors (Lipinski definition) is 5. The number of aliphatic hydroxyl groups excluding tert-OH is 1. The van der Waals surface area contributed by atoms with Gasteiger partial charge in [0.1, 0.15) is 12.7 Å². The molecule has 3 aromatic rings. The molecule has 1 unspecified atom stereocenters. The van der Waals surface area contributed by atoms with Gasteiger partial charge in [0.2, 0.25) is 0 Å². The fraction of sp³-hybridized carbons (Fsp3) is 0.217. The molecule has 6 heteroatoms. The second kappa shape index (κ2) is 9.42. The minimum atomic E-state index is -0.468. The lowest BCUT2D eigenvalue weighted by Crippen LogP contribution is -2.12. The van der Waals surface area contributed by atoms with Crippen molar-refractivity contribution in [2.45, 2.75) is 26.4 Å². The second-order valence-electron chi connectivity index (χ2n) is 6.44. The average molecular weight is 410 g/mol. The van der Waals surface area contributed by atoms with Crippen LogP contribution in [0.5, 0.6) is 0 Å². The summed E-state index contributed by atoms with van der Waals surface area (Å²) in [5.74, 6) is 5.56. The van der Waals surface area contributed by atoms with Gasteiger partial charge in [0, 0.05) is 27.3 Å². The van der Waals surface area contributed by atoms with Gasteiger partial charge in [-0.1, -0.05) is 46.8 Å². The molecule has 0 saturated heterocycles. The summed E-state index contributed by atoms with van der Waals surface area (Å²) in [6, 6.07) is 14.6. The van der Waals surface area contributed by atoms with Crippen molar-refractivity contribution in [2.24, 2.45) is 0 Å². The van der Waals surface area contributed by atoms with Crippen molar-refractivity contribution in [3.05, 3.63) is 75.9 Å². The van der Waals surface area contributed by atoms with E-state index in [0.29, 0.717) is 22.0 Å². The van der Waals surface area contributed by atoms with Crippen LogP contribution in [-0.4, -0.2) is 22.8 Å². The van der Waals surface area contributed by atoms with Crippen LogP contribution in [0.4, 0.5) is 0 Å². The van der Waals surface area contributed by atoms with Gasteiger partial charge in [-0.25, -0.2) is 0 Å². The van der Waals surface area contributed by atoms with Crippen molar-refractivity contribution in [3.63, 3.8) is 0 Å². The second-order valence-corrected chi connectivity index (χ2v) is 6.85. The van der Waals surface area contributed by atoms with Gasteiger partial charge >= 0.3 is 5.97 Å². The Hall–Kier alpha value is -3.07. The fourth-order valence-corrected chi connectivity index (χ4v) is 3.21. The van der Waals surface area contributed by atoms with E-state index in [0.717, 1.165) is 16.7 Å². The zero-order valence-corrected chi connectivity index (χ0v) is 16.9. The number of aliphatic hydroxyl groups is 1. The summed E-state index contributed by atoms with van der Waals surface area (Å²) in [7, 11) is 0. The molecule has 29 heavy (non-hydrogen) atoms. The first-order chi connectivity index (χ1) is 14.0. The largest absolute Gasteiger partial charge is 0.457 e. The topological polar surface area (TPSA) is 72.6 Å². The molecular weight excluding hydrogens is 390 g/mol. The van der Waals surface area contributed by atoms with Crippen molar-refractivity contribution >= 4 is 17.6 Å². The first-order valence-electron chi connectivity index (χ1n) is 9.08. The van der Waals surface area contributed by atoms with Crippen LogP contribution in [0.2, 0.25) is 5.02 Å². The van der Waals surface area contributed by atoms with Crippen molar-refractivity contribution in [3.8, 4) is 23.2 Å². The van der Waals surface area contributed by atoms with E-state index in [1.54, 1.807) is 19.9 Å². The van der Waals surface area contributed by atoms with E-state index in [2.05, 4.69) is 17.0 Å². The van der Waals surface area contributed by atoms with Gasteiger partial charge in [0.15, 0.2) is 5.76 Å². The highest BCUT2D eigenvalue weighted by Crippen LogP contribution is 2.29. The SMILES string of the molecule is Cc1noc(-c2ccc(C#CCO)cc2)c1CC(=O)OC(C)c1ccccc1Cl. The summed E-state index contributed by atoms with van der Waals surface area (Å²) in [5, 5.41) is 13.3. The summed E-state index contributed by atoms with van der Waals surface area (Å²) >= 11 is 6.18. The number of rotatable bonds is 5. The van der Waals surface area contributed by atoms with Crippen LogP contribution in [0.1, 0.15) is 35.4 Å². The molecule has 2 aromatic carbocycles.